The second-order valence-electron chi connectivity index (χ2n) is 3.69. The van der Waals surface area contributed by atoms with E-state index >= 15 is 0 Å². The molecule has 0 radical (unpaired) electrons. The second kappa shape index (κ2) is 5.37. The normalized spacial score (nSPS) is 11.9. The smallest absolute Gasteiger partial charge is 0.265 e. The first kappa shape index (κ1) is 14.1. The van der Waals surface area contributed by atoms with Crippen LogP contribution < -0.4 is 5.56 Å². The lowest BCUT2D eigenvalue weighted by Gasteiger charge is -2.05. The van der Waals surface area contributed by atoms with Crippen LogP contribution >= 0.6 is 12.2 Å². The molecule has 1 N–H and O–H groups in total. The van der Waals surface area contributed by atoms with Crippen LogP contribution in [0.15, 0.2) is 40.4 Å². The Morgan fingerprint density at radius 1 is 1.30 bits per heavy atom. The van der Waals surface area contributed by atoms with Gasteiger partial charge in [0.05, 0.1) is 11.8 Å². The van der Waals surface area contributed by atoms with Gasteiger partial charge in [-0.3, -0.25) is 9.89 Å². The first-order chi connectivity index (χ1) is 9.38. The second-order valence-corrected chi connectivity index (χ2v) is 4.08. The van der Waals surface area contributed by atoms with E-state index in [9.17, 15) is 18.0 Å². The highest BCUT2D eigenvalue weighted by atomic mass is 32.1. The predicted molar refractivity (Wildman–Crippen MR) is 68.1 cm³/mol. The summed E-state index contributed by atoms with van der Waals surface area (Å²) in [7, 11) is 0. The Kier molecular flexibility index (Phi) is 3.79. The fourth-order valence-corrected chi connectivity index (χ4v) is 1.53. The minimum Gasteiger partial charge on any atom is -0.265 e. The molecule has 0 aliphatic heterocycles. The lowest BCUT2D eigenvalue weighted by atomic mass is 10.1. The highest BCUT2D eigenvalue weighted by Gasteiger charge is 2.29. The third kappa shape index (κ3) is 3.18. The molecule has 0 bridgehead atoms. The Morgan fingerprint density at radius 2 is 1.95 bits per heavy atom. The molecule has 104 valence electrons. The summed E-state index contributed by atoms with van der Waals surface area (Å²) >= 11 is 4.81. The molecule has 2 rings (SSSR count). The summed E-state index contributed by atoms with van der Waals surface area (Å²) in [6.45, 7) is 0. The van der Waals surface area contributed by atoms with Crippen molar-refractivity contribution in [2.24, 2.45) is 5.10 Å². The molecule has 0 aliphatic rings. The lowest BCUT2D eigenvalue weighted by molar-refractivity contribution is -0.137. The van der Waals surface area contributed by atoms with E-state index in [1.165, 1.54) is 18.3 Å². The number of hydrogen-bond acceptors (Lipinski definition) is 4. The van der Waals surface area contributed by atoms with Gasteiger partial charge in [0.15, 0.2) is 0 Å². The summed E-state index contributed by atoms with van der Waals surface area (Å²) in [5, 5.41) is 9.64. The molecule has 1 heterocycles. The molecule has 0 amide bonds. The van der Waals surface area contributed by atoms with Crippen molar-refractivity contribution in [3.05, 3.63) is 56.7 Å². The quantitative estimate of drug-likeness (QED) is 0.683. The number of benzene rings is 1. The zero-order valence-electron chi connectivity index (χ0n) is 9.76. The maximum atomic E-state index is 12.4. The third-order valence-corrected chi connectivity index (χ3v) is 2.56. The molecule has 0 spiro atoms. The number of rotatable bonds is 2. The van der Waals surface area contributed by atoms with Gasteiger partial charge in [0.2, 0.25) is 4.77 Å². The van der Waals surface area contributed by atoms with Crippen LogP contribution in [0.1, 0.15) is 11.1 Å². The lowest BCUT2D eigenvalue weighted by Crippen LogP contribution is -2.18. The van der Waals surface area contributed by atoms with Crippen LogP contribution in [0.5, 0.6) is 0 Å². The number of alkyl halides is 3. The van der Waals surface area contributed by atoms with Crippen LogP contribution in [0.4, 0.5) is 13.2 Å². The highest BCUT2D eigenvalue weighted by molar-refractivity contribution is 7.71. The molecule has 0 aliphatic carbocycles. The Balaban J connectivity index is 2.29. The summed E-state index contributed by atoms with van der Waals surface area (Å²) in [5.41, 5.74) is -0.902. The van der Waals surface area contributed by atoms with Crippen LogP contribution in [0.2, 0.25) is 0 Å². The fourth-order valence-electron chi connectivity index (χ4n) is 1.34. The monoisotopic (exact) mass is 300 g/mol. The molecular formula is C11H7F3N4OS. The van der Waals surface area contributed by atoms with Gasteiger partial charge in [-0.15, -0.1) is 0 Å². The summed E-state index contributed by atoms with van der Waals surface area (Å²) in [6, 6.07) is 4.34. The molecule has 1 aromatic heterocycles. The molecule has 0 atom stereocenters. The van der Waals surface area contributed by atoms with Crippen molar-refractivity contribution in [2.45, 2.75) is 6.18 Å². The van der Waals surface area contributed by atoms with Crippen LogP contribution in [0.25, 0.3) is 0 Å². The Morgan fingerprint density at radius 3 is 2.50 bits per heavy atom. The van der Waals surface area contributed by atoms with Crippen LogP contribution in [0.3, 0.4) is 0 Å². The number of halogens is 3. The molecule has 0 fully saturated rings. The average Bonchev–Trinajstić information content (AvgIpc) is 2.37. The minimum absolute atomic E-state index is 0.0133. The number of nitrogens with one attached hydrogen (secondary N) is 1. The van der Waals surface area contributed by atoms with Gasteiger partial charge < -0.3 is 0 Å². The molecule has 0 unspecified atom stereocenters. The van der Waals surface area contributed by atoms with E-state index < -0.39 is 17.3 Å². The summed E-state index contributed by atoms with van der Waals surface area (Å²) in [6.07, 6.45) is -2.18. The molecular weight excluding hydrogens is 293 g/mol. The zero-order chi connectivity index (χ0) is 14.8. The molecule has 20 heavy (non-hydrogen) atoms. The van der Waals surface area contributed by atoms with Gasteiger partial charge in [0, 0.05) is 0 Å². The SMILES string of the molecule is O=c1cn[nH]c(=S)n1/N=C\c1ccc(C(F)(F)F)cc1. The van der Waals surface area contributed by atoms with Crippen molar-refractivity contribution in [1.82, 2.24) is 14.9 Å². The maximum Gasteiger partial charge on any atom is 0.416 e. The molecule has 2 aromatic rings. The van der Waals surface area contributed by atoms with Crippen molar-refractivity contribution in [1.29, 1.82) is 0 Å². The van der Waals surface area contributed by atoms with Crippen molar-refractivity contribution in [2.75, 3.05) is 0 Å². The topological polar surface area (TPSA) is 63.0 Å². The first-order valence-corrected chi connectivity index (χ1v) is 5.67. The maximum absolute atomic E-state index is 12.4. The van der Waals surface area contributed by atoms with E-state index in [-0.39, 0.29) is 4.77 Å². The van der Waals surface area contributed by atoms with Crippen molar-refractivity contribution in [3.8, 4) is 0 Å². The van der Waals surface area contributed by atoms with Gasteiger partial charge in [-0.05, 0) is 29.9 Å². The first-order valence-electron chi connectivity index (χ1n) is 5.26. The van der Waals surface area contributed by atoms with Crippen LogP contribution in [0, 0.1) is 4.77 Å². The zero-order valence-corrected chi connectivity index (χ0v) is 10.6. The predicted octanol–water partition coefficient (Wildman–Crippen LogP) is 2.20. The Bertz CT molecular complexity index is 717. The largest absolute Gasteiger partial charge is 0.416 e. The van der Waals surface area contributed by atoms with Gasteiger partial charge in [-0.25, -0.2) is 0 Å². The van der Waals surface area contributed by atoms with Gasteiger partial charge in [0.1, 0.15) is 6.20 Å². The fraction of sp³-hybridized carbons (Fsp3) is 0.0909. The van der Waals surface area contributed by atoms with E-state index in [0.717, 1.165) is 23.0 Å². The highest BCUT2D eigenvalue weighted by Crippen LogP contribution is 2.28. The number of nitrogens with zero attached hydrogens (tertiary/aromatic N) is 3. The molecule has 0 saturated carbocycles. The van der Waals surface area contributed by atoms with Gasteiger partial charge in [-0.2, -0.15) is 28.0 Å². The number of aromatic nitrogens is 3. The molecule has 9 heteroatoms. The van der Waals surface area contributed by atoms with Crippen LogP contribution in [-0.2, 0) is 6.18 Å². The Labute approximate surface area is 115 Å². The van der Waals surface area contributed by atoms with E-state index in [2.05, 4.69) is 15.3 Å². The third-order valence-electron chi connectivity index (χ3n) is 2.30. The van der Waals surface area contributed by atoms with Crippen molar-refractivity contribution < 1.29 is 13.2 Å². The standard InChI is InChI=1S/C11H7F3N4OS/c12-11(13,14)8-3-1-7(2-4-8)5-16-18-9(19)6-15-17-10(18)20/h1-6H,(H,17,20)/b16-5-. The van der Waals surface area contributed by atoms with E-state index in [0.29, 0.717) is 5.56 Å². The van der Waals surface area contributed by atoms with Gasteiger partial charge in [-0.1, -0.05) is 12.1 Å². The molecule has 5 nitrogen and oxygen atoms in total. The summed E-state index contributed by atoms with van der Waals surface area (Å²) < 4.78 is 38.0. The number of hydrogen-bond donors (Lipinski definition) is 1. The summed E-state index contributed by atoms with van der Waals surface area (Å²) in [4.78, 5) is 11.4. The van der Waals surface area contributed by atoms with E-state index in [4.69, 9.17) is 12.2 Å². The average molecular weight is 300 g/mol. The van der Waals surface area contributed by atoms with Gasteiger partial charge >= 0.3 is 6.18 Å². The van der Waals surface area contributed by atoms with Crippen molar-refractivity contribution in [3.63, 3.8) is 0 Å². The Hall–Kier alpha value is -2.29. The molecule has 1 aromatic carbocycles. The molecule has 0 saturated heterocycles. The number of aromatic amines is 1. The van der Waals surface area contributed by atoms with Crippen molar-refractivity contribution >= 4 is 18.4 Å². The van der Waals surface area contributed by atoms with Gasteiger partial charge in [0.25, 0.3) is 5.56 Å². The van der Waals surface area contributed by atoms with E-state index in [1.807, 2.05) is 0 Å². The summed E-state index contributed by atoms with van der Waals surface area (Å²) in [5.74, 6) is 0. The minimum atomic E-state index is -4.39. The van der Waals surface area contributed by atoms with Crippen LogP contribution in [-0.4, -0.2) is 21.1 Å². The number of H-pyrrole nitrogens is 1. The van der Waals surface area contributed by atoms with E-state index in [1.54, 1.807) is 0 Å².